The number of alkyl halides is 3. The maximum absolute atomic E-state index is 13.6. The molecule has 1 aromatic carbocycles. The van der Waals surface area contributed by atoms with Crippen LogP contribution < -0.4 is 5.73 Å². The Bertz CT molecular complexity index is 906. The van der Waals surface area contributed by atoms with E-state index in [-0.39, 0.29) is 30.4 Å². The van der Waals surface area contributed by atoms with Crippen LogP contribution in [0.25, 0.3) is 16.9 Å². The number of aliphatic hydroxyl groups is 1. The Kier molecular flexibility index (Phi) is 3.84. The lowest BCUT2D eigenvalue weighted by atomic mass is 10.1. The zero-order chi connectivity index (χ0) is 17.5. The Labute approximate surface area is 132 Å². The summed E-state index contributed by atoms with van der Waals surface area (Å²) in [6.07, 6.45) is -4.85. The third-order valence-corrected chi connectivity index (χ3v) is 3.27. The van der Waals surface area contributed by atoms with Gasteiger partial charge in [-0.05, 0) is 12.1 Å². The molecule has 3 N–H and O–H groups in total. The van der Waals surface area contributed by atoms with Gasteiger partial charge >= 0.3 is 6.18 Å². The molecule has 126 valence electrons. The Morgan fingerprint density at radius 2 is 1.96 bits per heavy atom. The highest BCUT2D eigenvalue weighted by molar-refractivity contribution is 5.72. The largest absolute Gasteiger partial charge is 0.422 e. The van der Waals surface area contributed by atoms with Crippen LogP contribution >= 0.6 is 0 Å². The highest BCUT2D eigenvalue weighted by Crippen LogP contribution is 2.39. The number of benzene rings is 1. The van der Waals surface area contributed by atoms with Gasteiger partial charge in [-0.1, -0.05) is 12.1 Å². The van der Waals surface area contributed by atoms with Gasteiger partial charge < -0.3 is 10.8 Å². The molecule has 0 saturated heterocycles. The van der Waals surface area contributed by atoms with Crippen molar-refractivity contribution < 1.29 is 22.7 Å². The van der Waals surface area contributed by atoms with E-state index in [9.17, 15) is 17.6 Å². The van der Waals surface area contributed by atoms with Crippen LogP contribution in [0.15, 0.2) is 24.3 Å². The molecule has 0 aliphatic heterocycles. The molecule has 6 nitrogen and oxygen atoms in total. The molecule has 0 bridgehead atoms. The van der Waals surface area contributed by atoms with Crippen LogP contribution in [-0.2, 0) is 12.6 Å². The molecular formula is C14H11F4N5O. The molecule has 0 fully saturated rings. The highest BCUT2D eigenvalue weighted by atomic mass is 19.4. The quantitative estimate of drug-likeness (QED) is 0.712. The lowest BCUT2D eigenvalue weighted by Crippen LogP contribution is -2.15. The average molecular weight is 341 g/mol. The van der Waals surface area contributed by atoms with Crippen molar-refractivity contribution in [3.63, 3.8) is 0 Å². The summed E-state index contributed by atoms with van der Waals surface area (Å²) in [5, 5.41) is 12.7. The second-order valence-electron chi connectivity index (χ2n) is 4.94. The fourth-order valence-corrected chi connectivity index (χ4v) is 2.31. The molecule has 24 heavy (non-hydrogen) atoms. The molecule has 0 atom stereocenters. The predicted octanol–water partition coefficient (Wildman–Crippen LogP) is 2.07. The summed E-state index contributed by atoms with van der Waals surface area (Å²) < 4.78 is 54.9. The molecule has 10 heteroatoms. The van der Waals surface area contributed by atoms with Crippen LogP contribution in [0, 0.1) is 5.82 Å². The van der Waals surface area contributed by atoms with Gasteiger partial charge in [-0.25, -0.2) is 14.4 Å². The molecule has 3 aromatic rings. The first kappa shape index (κ1) is 16.1. The molecule has 2 aromatic heterocycles. The standard InChI is InChI=1S/C14H11F4N5O/c15-8-3-1-2-7(6-8)11-10(14(16,17)18)12-20-9(4-5-24)22-23(12)13(19)21-11/h1-3,6,24H,4-5H2,(H2,19,21). The van der Waals surface area contributed by atoms with Gasteiger partial charge in [0.15, 0.2) is 11.5 Å². The lowest BCUT2D eigenvalue weighted by Gasteiger charge is -2.14. The van der Waals surface area contributed by atoms with E-state index in [1.54, 1.807) is 0 Å². The number of nitrogen functional groups attached to an aromatic ring is 1. The van der Waals surface area contributed by atoms with Crippen LogP contribution in [0.1, 0.15) is 11.4 Å². The van der Waals surface area contributed by atoms with Gasteiger partial charge in [0.1, 0.15) is 11.4 Å². The van der Waals surface area contributed by atoms with Crippen molar-refractivity contribution in [3.8, 4) is 11.3 Å². The van der Waals surface area contributed by atoms with Gasteiger partial charge in [0.05, 0.1) is 12.3 Å². The molecule has 3 rings (SSSR count). The molecule has 2 heterocycles. The summed E-state index contributed by atoms with van der Waals surface area (Å²) in [5.41, 5.74) is 3.36. The Hall–Kier alpha value is -2.75. The summed E-state index contributed by atoms with van der Waals surface area (Å²) in [7, 11) is 0. The van der Waals surface area contributed by atoms with Gasteiger partial charge in [-0.3, -0.25) is 0 Å². The summed E-state index contributed by atoms with van der Waals surface area (Å²) >= 11 is 0. The van der Waals surface area contributed by atoms with Crippen molar-refractivity contribution in [1.82, 2.24) is 19.6 Å². The fourth-order valence-electron chi connectivity index (χ4n) is 2.31. The first-order chi connectivity index (χ1) is 11.3. The fraction of sp³-hybridized carbons (Fsp3) is 0.214. The number of aromatic nitrogens is 4. The smallest absolute Gasteiger partial charge is 0.396 e. The first-order valence-electron chi connectivity index (χ1n) is 6.80. The van der Waals surface area contributed by atoms with E-state index in [4.69, 9.17) is 10.8 Å². The second kappa shape index (κ2) is 5.71. The minimum atomic E-state index is -4.81. The molecule has 0 radical (unpaired) electrons. The SMILES string of the molecule is Nc1nc(-c2cccc(F)c2)c(C(F)(F)F)c2nc(CCO)nn12. The zero-order valence-electron chi connectivity index (χ0n) is 12.0. The van der Waals surface area contributed by atoms with Gasteiger partial charge in [-0.15, -0.1) is 5.10 Å². The minimum absolute atomic E-state index is 0.00658. The van der Waals surface area contributed by atoms with Crippen molar-refractivity contribution in [2.45, 2.75) is 12.6 Å². The molecule has 0 amide bonds. The Balaban J connectivity index is 2.36. The number of fused-ring (bicyclic) bond motifs is 1. The molecular weight excluding hydrogens is 330 g/mol. The molecule has 0 spiro atoms. The van der Waals surface area contributed by atoms with Gasteiger partial charge in [0.2, 0.25) is 5.95 Å². The van der Waals surface area contributed by atoms with Crippen LogP contribution in [0.4, 0.5) is 23.5 Å². The van der Waals surface area contributed by atoms with E-state index in [1.165, 1.54) is 12.1 Å². The van der Waals surface area contributed by atoms with Crippen LogP contribution in [0.5, 0.6) is 0 Å². The molecule has 0 aliphatic carbocycles. The Morgan fingerprint density at radius 1 is 1.21 bits per heavy atom. The summed E-state index contributed by atoms with van der Waals surface area (Å²) in [4.78, 5) is 7.54. The number of hydrogen-bond acceptors (Lipinski definition) is 5. The number of hydrogen-bond donors (Lipinski definition) is 2. The van der Waals surface area contributed by atoms with Gasteiger partial charge in [0, 0.05) is 12.0 Å². The lowest BCUT2D eigenvalue weighted by molar-refractivity contribution is -0.136. The van der Waals surface area contributed by atoms with E-state index >= 15 is 0 Å². The van der Waals surface area contributed by atoms with E-state index < -0.39 is 28.9 Å². The number of nitrogens with zero attached hydrogens (tertiary/aromatic N) is 4. The number of nitrogens with two attached hydrogens (primary N) is 1. The van der Waals surface area contributed by atoms with E-state index in [1.807, 2.05) is 0 Å². The maximum atomic E-state index is 13.6. The number of anilines is 1. The normalized spacial score (nSPS) is 12.0. The molecule has 0 unspecified atom stereocenters. The van der Waals surface area contributed by atoms with Crippen molar-refractivity contribution in [2.24, 2.45) is 0 Å². The summed E-state index contributed by atoms with van der Waals surface area (Å²) in [6, 6.07) is 4.60. The monoisotopic (exact) mass is 341 g/mol. The molecule has 0 saturated carbocycles. The van der Waals surface area contributed by atoms with Crippen molar-refractivity contribution in [2.75, 3.05) is 12.3 Å². The summed E-state index contributed by atoms with van der Waals surface area (Å²) in [6.45, 7) is -0.331. The number of aliphatic hydroxyl groups excluding tert-OH is 1. The minimum Gasteiger partial charge on any atom is -0.396 e. The first-order valence-corrected chi connectivity index (χ1v) is 6.80. The van der Waals surface area contributed by atoms with E-state index in [2.05, 4.69) is 15.1 Å². The second-order valence-corrected chi connectivity index (χ2v) is 4.94. The topological polar surface area (TPSA) is 89.3 Å². The predicted molar refractivity (Wildman–Crippen MR) is 76.4 cm³/mol. The van der Waals surface area contributed by atoms with E-state index in [0.717, 1.165) is 16.6 Å². The van der Waals surface area contributed by atoms with Crippen molar-refractivity contribution in [3.05, 3.63) is 41.5 Å². The summed E-state index contributed by atoms with van der Waals surface area (Å²) in [5.74, 6) is -1.04. The van der Waals surface area contributed by atoms with E-state index in [0.29, 0.717) is 0 Å². The van der Waals surface area contributed by atoms with Gasteiger partial charge in [-0.2, -0.15) is 17.7 Å². The van der Waals surface area contributed by atoms with Crippen LogP contribution in [0.2, 0.25) is 0 Å². The zero-order valence-corrected chi connectivity index (χ0v) is 12.0. The Morgan fingerprint density at radius 3 is 2.58 bits per heavy atom. The van der Waals surface area contributed by atoms with Crippen LogP contribution in [0.3, 0.4) is 0 Å². The number of halogens is 4. The third-order valence-electron chi connectivity index (χ3n) is 3.27. The van der Waals surface area contributed by atoms with Crippen molar-refractivity contribution >= 4 is 11.6 Å². The maximum Gasteiger partial charge on any atom is 0.422 e. The van der Waals surface area contributed by atoms with Gasteiger partial charge in [0.25, 0.3) is 0 Å². The van der Waals surface area contributed by atoms with Crippen molar-refractivity contribution in [1.29, 1.82) is 0 Å². The highest BCUT2D eigenvalue weighted by Gasteiger charge is 2.39. The van der Waals surface area contributed by atoms with Crippen LogP contribution in [-0.4, -0.2) is 31.3 Å². The number of rotatable bonds is 3. The third kappa shape index (κ3) is 2.75. The molecule has 0 aliphatic rings. The average Bonchev–Trinajstić information content (AvgIpc) is 2.90.